The zero-order valence-corrected chi connectivity index (χ0v) is 22.7. The van der Waals surface area contributed by atoms with Crippen LogP contribution in [0.15, 0.2) is 41.0 Å². The highest BCUT2D eigenvalue weighted by atomic mass is 79.9. The highest BCUT2D eigenvalue weighted by molar-refractivity contribution is 9.10. The first-order valence-electron chi connectivity index (χ1n) is 12.0. The molecule has 10 heteroatoms. The number of nitrogens with zero attached hydrogens (tertiary/aromatic N) is 4. The molecular formula is C26H28BrClN6O2. The van der Waals surface area contributed by atoms with E-state index in [-0.39, 0.29) is 28.9 Å². The molecule has 1 aromatic carbocycles. The lowest BCUT2D eigenvalue weighted by molar-refractivity contribution is -0.168. The van der Waals surface area contributed by atoms with Crippen molar-refractivity contribution in [1.82, 2.24) is 19.5 Å². The number of rotatable bonds is 4. The third-order valence-corrected chi connectivity index (χ3v) is 8.45. The minimum absolute atomic E-state index is 0.0278. The zero-order valence-electron chi connectivity index (χ0n) is 20.3. The predicted octanol–water partition coefficient (Wildman–Crippen LogP) is 5.66. The van der Waals surface area contributed by atoms with Gasteiger partial charge in [0.25, 0.3) is 0 Å². The summed E-state index contributed by atoms with van der Waals surface area (Å²) in [6.07, 6.45) is 4.51. The Morgan fingerprint density at radius 1 is 1.08 bits per heavy atom. The molecular weight excluding hydrogens is 544 g/mol. The summed E-state index contributed by atoms with van der Waals surface area (Å²) in [6.45, 7) is 6.25. The Balaban J connectivity index is 1.32. The van der Waals surface area contributed by atoms with Gasteiger partial charge in [0.05, 0.1) is 27.5 Å². The Morgan fingerprint density at radius 2 is 1.89 bits per heavy atom. The fourth-order valence-electron chi connectivity index (χ4n) is 5.90. The topological polar surface area (TPSA) is 114 Å². The van der Waals surface area contributed by atoms with Crippen molar-refractivity contribution in [2.24, 2.45) is 5.41 Å². The van der Waals surface area contributed by atoms with E-state index < -0.39 is 5.79 Å². The van der Waals surface area contributed by atoms with Crippen LogP contribution in [0.25, 0.3) is 21.9 Å². The summed E-state index contributed by atoms with van der Waals surface area (Å²) in [4.78, 5) is 13.1. The fourth-order valence-corrected chi connectivity index (χ4v) is 6.41. The Hall–Kier alpha value is -2.46. The minimum Gasteiger partial charge on any atom is -0.383 e. The van der Waals surface area contributed by atoms with Crippen LogP contribution in [0, 0.1) is 5.41 Å². The van der Waals surface area contributed by atoms with Gasteiger partial charge in [-0.25, -0.2) is 9.97 Å². The van der Waals surface area contributed by atoms with Gasteiger partial charge in [0.2, 0.25) is 5.28 Å². The molecule has 0 radical (unpaired) electrons. The van der Waals surface area contributed by atoms with E-state index >= 15 is 0 Å². The van der Waals surface area contributed by atoms with E-state index in [4.69, 9.17) is 32.5 Å². The maximum absolute atomic E-state index is 6.51. The second-order valence-electron chi connectivity index (χ2n) is 10.7. The summed E-state index contributed by atoms with van der Waals surface area (Å²) >= 11 is 9.62. The van der Waals surface area contributed by atoms with Crippen molar-refractivity contribution < 1.29 is 9.47 Å². The van der Waals surface area contributed by atoms with Gasteiger partial charge in [-0.05, 0) is 89.8 Å². The molecule has 4 heterocycles. The molecule has 2 fully saturated rings. The molecule has 8 nitrogen and oxygen atoms in total. The molecule has 1 aliphatic heterocycles. The molecule has 2 aliphatic rings. The van der Waals surface area contributed by atoms with Crippen molar-refractivity contribution in [2.75, 3.05) is 11.5 Å². The molecule has 1 saturated carbocycles. The summed E-state index contributed by atoms with van der Waals surface area (Å²) in [5.41, 5.74) is 14.9. The Morgan fingerprint density at radius 3 is 2.69 bits per heavy atom. The van der Waals surface area contributed by atoms with E-state index in [9.17, 15) is 0 Å². The molecule has 0 bridgehead atoms. The number of halogens is 2. The highest BCUT2D eigenvalue weighted by Gasteiger charge is 2.59. The SMILES string of the molecule is CC1(C)O[C@H]2[C@H](n3ccc4c(N)nc(Cl)nc43)C[C@](C)(CCc3ccc4cc(Br)c(N)nc4c3)[C@H]2O1. The number of hydrogen-bond donors (Lipinski definition) is 2. The third kappa shape index (κ3) is 3.93. The summed E-state index contributed by atoms with van der Waals surface area (Å²) in [5, 5.41) is 1.98. The van der Waals surface area contributed by atoms with Crippen LogP contribution in [0.5, 0.6) is 0 Å². The number of nitrogens with two attached hydrogens (primary N) is 2. The number of hydrogen-bond acceptors (Lipinski definition) is 7. The van der Waals surface area contributed by atoms with Crippen LogP contribution >= 0.6 is 27.5 Å². The van der Waals surface area contributed by atoms with Gasteiger partial charge in [0, 0.05) is 11.6 Å². The Labute approximate surface area is 222 Å². The van der Waals surface area contributed by atoms with E-state index in [0.29, 0.717) is 11.6 Å². The van der Waals surface area contributed by atoms with Crippen LogP contribution in [0.3, 0.4) is 0 Å². The summed E-state index contributed by atoms with van der Waals surface area (Å²) in [5.74, 6) is 0.208. The van der Waals surface area contributed by atoms with Gasteiger partial charge >= 0.3 is 0 Å². The van der Waals surface area contributed by atoms with Crippen molar-refractivity contribution in [3.63, 3.8) is 0 Å². The van der Waals surface area contributed by atoms with Gasteiger partial charge in [0.15, 0.2) is 5.79 Å². The van der Waals surface area contributed by atoms with Crippen LogP contribution in [-0.4, -0.2) is 37.5 Å². The first kappa shape index (κ1) is 23.9. The van der Waals surface area contributed by atoms with Crippen LogP contribution in [0.4, 0.5) is 11.6 Å². The molecule has 4 aromatic rings. The van der Waals surface area contributed by atoms with E-state index in [1.807, 2.05) is 32.2 Å². The van der Waals surface area contributed by atoms with Crippen LogP contribution in [0.1, 0.15) is 45.2 Å². The number of aryl methyl sites for hydroxylation is 1. The molecule has 3 aromatic heterocycles. The van der Waals surface area contributed by atoms with E-state index in [1.54, 1.807) is 0 Å². The van der Waals surface area contributed by atoms with Gasteiger partial charge in [-0.2, -0.15) is 4.98 Å². The third-order valence-electron chi connectivity index (χ3n) is 7.65. The summed E-state index contributed by atoms with van der Waals surface area (Å²) < 4.78 is 15.9. The lowest BCUT2D eigenvalue weighted by Crippen LogP contribution is -2.34. The average Bonchev–Trinajstić information content (AvgIpc) is 3.44. The Bertz CT molecular complexity index is 1510. The van der Waals surface area contributed by atoms with Gasteiger partial charge < -0.3 is 25.5 Å². The maximum atomic E-state index is 6.51. The largest absolute Gasteiger partial charge is 0.383 e. The Kier molecular flexibility index (Phi) is 5.50. The quantitative estimate of drug-likeness (QED) is 0.304. The van der Waals surface area contributed by atoms with Crippen molar-refractivity contribution in [3.8, 4) is 0 Å². The van der Waals surface area contributed by atoms with E-state index in [1.165, 1.54) is 5.56 Å². The fraction of sp³-hybridized carbons (Fsp3) is 0.423. The molecule has 1 saturated heterocycles. The van der Waals surface area contributed by atoms with Crippen LogP contribution in [0.2, 0.25) is 5.28 Å². The summed E-state index contributed by atoms with van der Waals surface area (Å²) in [7, 11) is 0. The number of benzene rings is 1. The van der Waals surface area contributed by atoms with E-state index in [2.05, 4.69) is 60.6 Å². The number of fused-ring (bicyclic) bond motifs is 3. The van der Waals surface area contributed by atoms with Crippen molar-refractivity contribution in [1.29, 1.82) is 0 Å². The minimum atomic E-state index is -0.665. The second kappa shape index (κ2) is 8.28. The molecule has 4 N–H and O–H groups in total. The van der Waals surface area contributed by atoms with Gasteiger partial charge in [-0.3, -0.25) is 0 Å². The molecule has 0 amide bonds. The first-order valence-corrected chi connectivity index (χ1v) is 13.2. The molecule has 6 rings (SSSR count). The van der Waals surface area contributed by atoms with Gasteiger partial charge in [0.1, 0.15) is 23.4 Å². The lowest BCUT2D eigenvalue weighted by Gasteiger charge is -2.32. The molecule has 1 aliphatic carbocycles. The first-order chi connectivity index (χ1) is 17.0. The number of ether oxygens (including phenoxy) is 2. The normalized spacial score (nSPS) is 27.2. The van der Waals surface area contributed by atoms with Gasteiger partial charge in [-0.1, -0.05) is 19.1 Å². The van der Waals surface area contributed by atoms with Crippen LogP contribution < -0.4 is 11.5 Å². The van der Waals surface area contributed by atoms with Crippen LogP contribution in [-0.2, 0) is 15.9 Å². The number of anilines is 2. The lowest BCUT2D eigenvalue weighted by atomic mass is 9.80. The smallest absolute Gasteiger partial charge is 0.226 e. The monoisotopic (exact) mass is 570 g/mol. The molecule has 0 spiro atoms. The van der Waals surface area contributed by atoms with E-state index in [0.717, 1.165) is 45.7 Å². The number of nitrogen functional groups attached to an aromatic ring is 2. The summed E-state index contributed by atoms with van der Waals surface area (Å²) in [6, 6.07) is 10.4. The predicted molar refractivity (Wildman–Crippen MR) is 145 cm³/mol. The number of aromatic nitrogens is 4. The van der Waals surface area contributed by atoms with Crippen molar-refractivity contribution in [3.05, 3.63) is 51.8 Å². The molecule has 36 heavy (non-hydrogen) atoms. The highest BCUT2D eigenvalue weighted by Crippen LogP contribution is 2.55. The molecule has 0 unspecified atom stereocenters. The zero-order chi connectivity index (χ0) is 25.4. The molecule has 4 atom stereocenters. The second-order valence-corrected chi connectivity index (χ2v) is 11.9. The molecule has 188 valence electrons. The van der Waals surface area contributed by atoms with Crippen molar-refractivity contribution in [2.45, 2.75) is 64.1 Å². The standard InChI is InChI=1S/C26H28BrClN6O2/c1-25(2)35-19-18(34-9-7-15-21(29)32-24(28)33-23(15)34)12-26(3,20(19)36-25)8-6-13-4-5-14-11-16(27)22(30)31-17(14)10-13/h4-5,7,9-11,18-20H,6,8,12H2,1-3H3,(H2,30,31)(H2,29,32,33)/t18-,19+,20+,26+/m1/s1. The van der Waals surface area contributed by atoms with Crippen molar-refractivity contribution >= 4 is 61.1 Å². The number of pyridine rings is 1. The van der Waals surface area contributed by atoms with Gasteiger partial charge in [-0.15, -0.1) is 0 Å². The maximum Gasteiger partial charge on any atom is 0.226 e. The average molecular weight is 572 g/mol.